The molecule has 3 N–H and O–H groups in total. The lowest BCUT2D eigenvalue weighted by atomic mass is 9.73. The molecule has 0 spiro atoms. The van der Waals surface area contributed by atoms with E-state index in [4.69, 9.17) is 10.5 Å². The van der Waals surface area contributed by atoms with Gasteiger partial charge in [0.1, 0.15) is 5.82 Å². The molecule has 2 fully saturated rings. The first-order valence-electron chi connectivity index (χ1n) is 11.0. The third-order valence-corrected chi connectivity index (χ3v) is 6.61. The lowest BCUT2D eigenvalue weighted by Crippen LogP contribution is -2.48. The lowest BCUT2D eigenvalue weighted by molar-refractivity contribution is -0.130. The third kappa shape index (κ3) is 4.56. The van der Waals surface area contributed by atoms with Crippen LogP contribution in [0.2, 0.25) is 0 Å². The number of anilines is 1. The van der Waals surface area contributed by atoms with E-state index in [0.29, 0.717) is 32.6 Å². The average Bonchev–Trinajstić information content (AvgIpc) is 2.83. The molecule has 2 aromatic rings. The van der Waals surface area contributed by atoms with E-state index in [1.165, 1.54) is 0 Å². The van der Waals surface area contributed by atoms with Crippen molar-refractivity contribution in [2.75, 3.05) is 31.2 Å². The molecule has 7 heteroatoms. The Balaban J connectivity index is 1.48. The second-order valence-electron chi connectivity index (χ2n) is 8.39. The predicted octanol–water partition coefficient (Wildman–Crippen LogP) is 2.15. The lowest BCUT2D eigenvalue weighted by Gasteiger charge is -2.36. The number of pyridine rings is 1. The van der Waals surface area contributed by atoms with E-state index >= 15 is 0 Å². The molecule has 31 heavy (non-hydrogen) atoms. The molecular weight excluding hydrogens is 392 g/mol. The summed E-state index contributed by atoms with van der Waals surface area (Å²) in [5, 5.41) is 3.18. The first-order valence-corrected chi connectivity index (χ1v) is 11.0. The van der Waals surface area contributed by atoms with Crippen LogP contribution in [0.1, 0.15) is 36.8 Å². The number of aromatic nitrogens is 1. The Labute approximate surface area is 183 Å². The summed E-state index contributed by atoms with van der Waals surface area (Å²) in [5.41, 5.74) is 6.91. The molecule has 7 nitrogen and oxygen atoms in total. The molecule has 2 saturated heterocycles. The number of hydrogen-bond donors (Lipinski definition) is 2. The van der Waals surface area contributed by atoms with Crippen molar-refractivity contribution in [2.45, 2.75) is 37.6 Å². The normalized spacial score (nSPS) is 19.0. The highest BCUT2D eigenvalue weighted by Gasteiger charge is 2.41. The second-order valence-corrected chi connectivity index (χ2v) is 8.39. The van der Waals surface area contributed by atoms with Gasteiger partial charge in [0.05, 0.1) is 5.41 Å². The van der Waals surface area contributed by atoms with Crippen molar-refractivity contribution in [3.05, 3.63) is 59.8 Å². The smallest absolute Gasteiger partial charge is 0.231 e. The zero-order chi connectivity index (χ0) is 21.7. The van der Waals surface area contributed by atoms with Gasteiger partial charge < -0.3 is 20.7 Å². The van der Waals surface area contributed by atoms with E-state index < -0.39 is 5.41 Å². The Bertz CT molecular complexity index is 904. The van der Waals surface area contributed by atoms with E-state index in [1.807, 2.05) is 42.5 Å². The van der Waals surface area contributed by atoms with Gasteiger partial charge in [0, 0.05) is 50.5 Å². The molecule has 1 aromatic carbocycles. The van der Waals surface area contributed by atoms with Crippen molar-refractivity contribution in [2.24, 2.45) is 11.7 Å². The minimum absolute atomic E-state index is 0.0317. The summed E-state index contributed by atoms with van der Waals surface area (Å²) in [7, 11) is 0. The van der Waals surface area contributed by atoms with Crippen LogP contribution in [-0.2, 0) is 26.3 Å². The number of nitrogens with zero attached hydrogens (tertiary/aromatic N) is 2. The van der Waals surface area contributed by atoms with E-state index in [-0.39, 0.29) is 17.7 Å². The summed E-state index contributed by atoms with van der Waals surface area (Å²) in [6, 6.07) is 13.9. The Morgan fingerprint density at radius 3 is 2.48 bits per heavy atom. The van der Waals surface area contributed by atoms with Crippen LogP contribution < -0.4 is 16.0 Å². The van der Waals surface area contributed by atoms with Crippen LogP contribution in [-0.4, -0.2) is 43.1 Å². The Morgan fingerprint density at radius 1 is 1.10 bits per heavy atom. The largest absolute Gasteiger partial charge is 0.381 e. The molecule has 0 saturated carbocycles. The van der Waals surface area contributed by atoms with Gasteiger partial charge in [0.25, 0.3) is 0 Å². The summed E-state index contributed by atoms with van der Waals surface area (Å²) < 4.78 is 5.55. The number of benzene rings is 1. The van der Waals surface area contributed by atoms with Gasteiger partial charge in [-0.1, -0.05) is 36.4 Å². The number of hydrogen-bond acceptors (Lipinski definition) is 5. The standard InChI is InChI=1S/C24H30N4O3/c25-21(29)18-8-13-28(14-9-18)22-19(5-4-12-26-22)17-27-23(30)24(10-15-31-16-11-24)20-6-2-1-3-7-20/h1-7,12,18H,8-11,13-17H2,(H2,25,29)(H,27,30). The summed E-state index contributed by atoms with van der Waals surface area (Å²) in [6.07, 6.45) is 4.57. The maximum Gasteiger partial charge on any atom is 0.231 e. The van der Waals surface area contributed by atoms with Crippen LogP contribution in [0.15, 0.2) is 48.7 Å². The second kappa shape index (κ2) is 9.47. The fraction of sp³-hybridized carbons (Fsp3) is 0.458. The SMILES string of the molecule is NC(=O)C1CCN(c2ncccc2CNC(=O)C2(c3ccccc3)CCOCC2)CC1. The summed E-state index contributed by atoms with van der Waals surface area (Å²) in [6.45, 7) is 3.03. The Kier molecular flexibility index (Phi) is 6.51. The van der Waals surface area contributed by atoms with Crippen LogP contribution in [0, 0.1) is 5.92 Å². The van der Waals surface area contributed by atoms with Crippen LogP contribution in [0.5, 0.6) is 0 Å². The van der Waals surface area contributed by atoms with Crippen LogP contribution in [0.25, 0.3) is 0 Å². The minimum Gasteiger partial charge on any atom is -0.381 e. The number of rotatable bonds is 6. The van der Waals surface area contributed by atoms with Gasteiger partial charge >= 0.3 is 0 Å². The zero-order valence-electron chi connectivity index (χ0n) is 17.8. The molecule has 164 valence electrons. The molecule has 2 aliphatic heterocycles. The fourth-order valence-corrected chi connectivity index (χ4v) is 4.70. The molecule has 0 aliphatic carbocycles. The highest BCUT2D eigenvalue weighted by molar-refractivity contribution is 5.88. The molecule has 2 aliphatic rings. The molecular formula is C24H30N4O3. The molecule has 0 bridgehead atoms. The van der Waals surface area contributed by atoms with Crippen LogP contribution >= 0.6 is 0 Å². The summed E-state index contributed by atoms with van der Waals surface area (Å²) in [4.78, 5) is 31.7. The monoisotopic (exact) mass is 422 g/mol. The van der Waals surface area contributed by atoms with Crippen molar-refractivity contribution in [3.8, 4) is 0 Å². The highest BCUT2D eigenvalue weighted by Crippen LogP contribution is 2.35. The van der Waals surface area contributed by atoms with Crippen molar-refractivity contribution >= 4 is 17.6 Å². The summed E-state index contributed by atoms with van der Waals surface area (Å²) in [5.74, 6) is 0.605. The predicted molar refractivity (Wildman–Crippen MR) is 118 cm³/mol. The zero-order valence-corrected chi connectivity index (χ0v) is 17.8. The molecule has 0 atom stereocenters. The van der Waals surface area contributed by atoms with Crippen LogP contribution in [0.4, 0.5) is 5.82 Å². The molecule has 3 heterocycles. The Hall–Kier alpha value is -2.93. The number of carbonyl (C=O) groups excluding carboxylic acids is 2. The van der Waals surface area contributed by atoms with Gasteiger partial charge in [-0.15, -0.1) is 0 Å². The number of amides is 2. The van der Waals surface area contributed by atoms with E-state index in [1.54, 1.807) is 6.20 Å². The number of nitrogens with two attached hydrogens (primary N) is 1. The topological polar surface area (TPSA) is 97.5 Å². The number of piperidine rings is 1. The minimum atomic E-state index is -0.568. The fourth-order valence-electron chi connectivity index (χ4n) is 4.70. The van der Waals surface area contributed by atoms with Crippen molar-refractivity contribution in [1.29, 1.82) is 0 Å². The highest BCUT2D eigenvalue weighted by atomic mass is 16.5. The van der Waals surface area contributed by atoms with Crippen molar-refractivity contribution in [1.82, 2.24) is 10.3 Å². The summed E-state index contributed by atoms with van der Waals surface area (Å²) >= 11 is 0. The molecule has 4 rings (SSSR count). The number of primary amides is 1. The quantitative estimate of drug-likeness (QED) is 0.743. The van der Waals surface area contributed by atoms with Crippen molar-refractivity contribution in [3.63, 3.8) is 0 Å². The average molecular weight is 423 g/mol. The number of ether oxygens (including phenoxy) is 1. The third-order valence-electron chi connectivity index (χ3n) is 6.61. The van der Waals surface area contributed by atoms with Gasteiger partial charge in [-0.3, -0.25) is 9.59 Å². The van der Waals surface area contributed by atoms with Gasteiger partial charge in [0.2, 0.25) is 11.8 Å². The van der Waals surface area contributed by atoms with Gasteiger partial charge in [-0.25, -0.2) is 4.98 Å². The number of carbonyl (C=O) groups is 2. The van der Waals surface area contributed by atoms with E-state index in [2.05, 4.69) is 15.2 Å². The molecule has 0 radical (unpaired) electrons. The van der Waals surface area contributed by atoms with Crippen LogP contribution in [0.3, 0.4) is 0 Å². The van der Waals surface area contributed by atoms with E-state index in [9.17, 15) is 9.59 Å². The van der Waals surface area contributed by atoms with Gasteiger partial charge in [-0.2, -0.15) is 0 Å². The number of nitrogens with one attached hydrogen (secondary N) is 1. The first-order chi connectivity index (χ1) is 15.1. The maximum absolute atomic E-state index is 13.4. The molecule has 2 amide bonds. The molecule has 0 unspecified atom stereocenters. The van der Waals surface area contributed by atoms with E-state index in [0.717, 1.165) is 42.9 Å². The first kappa shape index (κ1) is 21.3. The van der Waals surface area contributed by atoms with Gasteiger partial charge in [0.15, 0.2) is 0 Å². The molecule has 1 aromatic heterocycles. The Morgan fingerprint density at radius 2 is 1.81 bits per heavy atom. The maximum atomic E-state index is 13.4. The van der Waals surface area contributed by atoms with Crippen molar-refractivity contribution < 1.29 is 14.3 Å². The van der Waals surface area contributed by atoms with Gasteiger partial charge in [-0.05, 0) is 37.3 Å².